The number of nitrogens with zero attached hydrogens (tertiary/aromatic N) is 8. The number of rotatable bonds is 10. The summed E-state index contributed by atoms with van der Waals surface area (Å²) in [5, 5.41) is 19.2. The van der Waals surface area contributed by atoms with Crippen LogP contribution in [0.3, 0.4) is 0 Å². The Bertz CT molecular complexity index is 3290. The Labute approximate surface area is 377 Å². The molecule has 0 unspecified atom stereocenters. The Morgan fingerprint density at radius 1 is 0.639 bits per heavy atom. The summed E-state index contributed by atoms with van der Waals surface area (Å²) in [7, 11) is 0. The van der Waals surface area contributed by atoms with Gasteiger partial charge in [-0.2, -0.15) is 10.5 Å². The largest absolute Gasteiger partial charge is 0.494 e. The predicted octanol–water partition coefficient (Wildman–Crippen LogP) is 10.8. The van der Waals surface area contributed by atoms with Crippen molar-refractivity contribution in [3.63, 3.8) is 0 Å². The van der Waals surface area contributed by atoms with Crippen molar-refractivity contribution in [2.45, 2.75) is 44.9 Å². The SMILES string of the molecule is CCOc1ccc(-n2c(SCC#N)nc3c(sc(=S)n3-c3ccccc3C)c2=O)cc1.Cc1ccc(-n2c(=S)sc3c(=O)n(-c4ccccc4C)c(SCC#N)nc32)c(C)c1. The first kappa shape index (κ1) is 43.4. The average molecular weight is 917 g/mol. The zero-order chi connectivity index (χ0) is 43.4. The van der Waals surface area contributed by atoms with Gasteiger partial charge in [0.2, 0.25) is 0 Å². The van der Waals surface area contributed by atoms with Crippen molar-refractivity contribution in [3.05, 3.63) is 142 Å². The number of nitriles is 2. The molecule has 0 spiro atoms. The van der Waals surface area contributed by atoms with Gasteiger partial charge in [-0.15, -0.1) is 0 Å². The number of thiazole rings is 2. The molecular weight excluding hydrogens is 881 g/mol. The summed E-state index contributed by atoms with van der Waals surface area (Å²) in [4.78, 5) is 36.8. The lowest BCUT2D eigenvalue weighted by Crippen LogP contribution is -2.22. The fourth-order valence-electron chi connectivity index (χ4n) is 6.67. The summed E-state index contributed by atoms with van der Waals surface area (Å²) in [6, 6.07) is 33.1. The number of hydrogen-bond donors (Lipinski definition) is 0. The summed E-state index contributed by atoms with van der Waals surface area (Å²) in [6.07, 6.45) is 0. The molecule has 8 aromatic rings. The number of hydrogen-bond acceptors (Lipinski definition) is 13. The van der Waals surface area contributed by atoms with Gasteiger partial charge < -0.3 is 4.74 Å². The van der Waals surface area contributed by atoms with Crippen LogP contribution >= 0.6 is 70.6 Å². The Kier molecular flexibility index (Phi) is 13.5. The normalized spacial score (nSPS) is 10.9. The van der Waals surface area contributed by atoms with E-state index in [2.05, 4.69) is 18.2 Å². The smallest absolute Gasteiger partial charge is 0.278 e. The lowest BCUT2D eigenvalue weighted by molar-refractivity contribution is 0.340. The van der Waals surface area contributed by atoms with Gasteiger partial charge in [0.05, 0.1) is 53.0 Å². The average Bonchev–Trinajstić information content (AvgIpc) is 3.76. The second-order valence-corrected chi connectivity index (χ2v) is 18.6. The van der Waals surface area contributed by atoms with Crippen LogP contribution in [0.25, 0.3) is 43.4 Å². The Hall–Kier alpha value is -5.66. The monoisotopic (exact) mass is 916 g/mol. The standard InChI is InChI=1S/C22H18N4O2S3.C22H18N4OS3/c1-3-28-16-10-8-15(9-11-16)25-20(27)18-19(24-21(25)30-13-12-23)26(22(29)31-18)17-7-5-4-6-14(17)2;1-13-8-9-17(15(3)12-13)25-19-18(30-22(25)28)20(27)26(21(24-19)29-11-10-23)16-7-5-4-6-14(16)2/h4-11H,3,13H2,1-2H3;4-9,12H,11H2,1-3H3. The van der Waals surface area contributed by atoms with Gasteiger partial charge >= 0.3 is 0 Å². The molecule has 0 atom stereocenters. The molecular formula is C44H36N8O3S6. The van der Waals surface area contributed by atoms with E-state index < -0.39 is 0 Å². The van der Waals surface area contributed by atoms with Gasteiger partial charge in [-0.25, -0.2) is 9.97 Å². The number of ether oxygens (including phenoxy) is 1. The fraction of sp³-hybridized carbons (Fsp3) is 0.182. The Balaban J connectivity index is 0.000000184. The number of fused-ring (bicyclic) bond motifs is 2. The van der Waals surface area contributed by atoms with Crippen molar-refractivity contribution >= 4 is 91.3 Å². The highest BCUT2D eigenvalue weighted by Crippen LogP contribution is 2.31. The highest BCUT2D eigenvalue weighted by atomic mass is 32.2. The van der Waals surface area contributed by atoms with Crippen LogP contribution in [0.1, 0.15) is 29.2 Å². The molecule has 4 heterocycles. The molecule has 0 aliphatic carbocycles. The van der Waals surface area contributed by atoms with Gasteiger partial charge in [-0.3, -0.25) is 27.9 Å². The summed E-state index contributed by atoms with van der Waals surface area (Å²) >= 11 is 16.2. The molecule has 0 saturated heterocycles. The van der Waals surface area contributed by atoms with Gasteiger partial charge in [0.25, 0.3) is 11.1 Å². The highest BCUT2D eigenvalue weighted by Gasteiger charge is 2.22. The van der Waals surface area contributed by atoms with Crippen molar-refractivity contribution < 1.29 is 4.74 Å². The molecule has 0 saturated carbocycles. The van der Waals surface area contributed by atoms with Gasteiger partial charge in [-0.1, -0.05) is 100 Å². The second kappa shape index (κ2) is 18.9. The van der Waals surface area contributed by atoms with E-state index >= 15 is 0 Å². The van der Waals surface area contributed by atoms with Gasteiger partial charge in [0.1, 0.15) is 15.1 Å². The Morgan fingerprint density at radius 3 is 1.61 bits per heavy atom. The number of aromatic nitrogens is 6. The zero-order valence-electron chi connectivity index (χ0n) is 33.5. The molecule has 4 aromatic carbocycles. The minimum absolute atomic E-state index is 0.171. The van der Waals surface area contributed by atoms with Gasteiger partial charge in [-0.05, 0) is 118 Å². The molecule has 0 radical (unpaired) electrons. The van der Waals surface area contributed by atoms with Crippen molar-refractivity contribution in [3.8, 4) is 40.6 Å². The molecule has 11 nitrogen and oxygen atoms in total. The van der Waals surface area contributed by atoms with Crippen molar-refractivity contribution in [2.24, 2.45) is 0 Å². The van der Waals surface area contributed by atoms with E-state index in [1.807, 2.05) is 129 Å². The highest BCUT2D eigenvalue weighted by molar-refractivity contribution is 7.99. The summed E-state index contributed by atoms with van der Waals surface area (Å²) in [6.45, 7) is 10.5. The molecule has 0 bridgehead atoms. The second-order valence-electron chi connectivity index (χ2n) is 13.5. The lowest BCUT2D eigenvalue weighted by Gasteiger charge is -2.14. The van der Waals surface area contributed by atoms with E-state index in [1.54, 1.807) is 4.57 Å². The van der Waals surface area contributed by atoms with Crippen LogP contribution in [0.4, 0.5) is 0 Å². The first-order chi connectivity index (χ1) is 29.5. The van der Waals surface area contributed by atoms with E-state index in [0.717, 1.165) is 45.1 Å². The van der Waals surface area contributed by atoms with Gasteiger partial charge in [0, 0.05) is 0 Å². The molecule has 17 heteroatoms. The number of para-hydroxylation sites is 2. The topological polar surface area (TPSA) is 136 Å². The van der Waals surface area contributed by atoms with Crippen molar-refractivity contribution in [1.82, 2.24) is 28.2 Å². The molecule has 0 aliphatic heterocycles. The number of benzene rings is 4. The molecule has 8 rings (SSSR count). The third-order valence-electron chi connectivity index (χ3n) is 9.40. The number of thioether (sulfide) groups is 2. The molecule has 0 N–H and O–H groups in total. The molecule has 0 aliphatic rings. The molecule has 306 valence electrons. The first-order valence-corrected chi connectivity index (χ1v) is 23.2. The maximum atomic E-state index is 13.6. The van der Waals surface area contributed by atoms with E-state index in [9.17, 15) is 9.59 Å². The minimum atomic E-state index is -0.210. The van der Waals surface area contributed by atoms with Crippen molar-refractivity contribution in [1.29, 1.82) is 10.5 Å². The van der Waals surface area contributed by atoms with Crippen LogP contribution in [-0.2, 0) is 0 Å². The molecule has 0 fully saturated rings. The van der Waals surface area contributed by atoms with Crippen LogP contribution in [-0.4, -0.2) is 46.3 Å². The maximum absolute atomic E-state index is 13.6. The fourth-order valence-corrected chi connectivity index (χ4v) is 10.6. The van der Waals surface area contributed by atoms with E-state index in [4.69, 9.17) is 49.7 Å². The summed E-state index contributed by atoms with van der Waals surface area (Å²) in [5.41, 5.74) is 8.08. The lowest BCUT2D eigenvalue weighted by atomic mass is 10.1. The van der Waals surface area contributed by atoms with Crippen LogP contribution in [0, 0.1) is 58.3 Å². The summed E-state index contributed by atoms with van der Waals surface area (Å²) < 4.78 is 14.4. The third kappa shape index (κ3) is 8.76. The number of aryl methyl sites for hydroxylation is 4. The predicted molar refractivity (Wildman–Crippen MR) is 254 cm³/mol. The quantitative estimate of drug-likeness (QED) is 0.0736. The van der Waals surface area contributed by atoms with E-state index in [-0.39, 0.29) is 22.6 Å². The van der Waals surface area contributed by atoms with Crippen LogP contribution < -0.4 is 15.9 Å². The zero-order valence-corrected chi connectivity index (χ0v) is 38.4. The van der Waals surface area contributed by atoms with Crippen molar-refractivity contribution in [2.75, 3.05) is 18.1 Å². The third-order valence-corrected chi connectivity index (χ3v) is 13.7. The maximum Gasteiger partial charge on any atom is 0.278 e. The Morgan fingerprint density at radius 2 is 1.11 bits per heavy atom. The van der Waals surface area contributed by atoms with E-state index in [0.29, 0.717) is 51.2 Å². The molecule has 4 aromatic heterocycles. The molecule has 0 amide bonds. The van der Waals surface area contributed by atoms with Crippen LogP contribution in [0.5, 0.6) is 5.75 Å². The minimum Gasteiger partial charge on any atom is -0.494 e. The van der Waals surface area contributed by atoms with Crippen LogP contribution in [0.2, 0.25) is 0 Å². The first-order valence-electron chi connectivity index (χ1n) is 18.8. The van der Waals surface area contributed by atoms with Crippen LogP contribution in [0.15, 0.2) is 111 Å². The van der Waals surface area contributed by atoms with E-state index in [1.165, 1.54) is 50.8 Å². The summed E-state index contributed by atoms with van der Waals surface area (Å²) in [5.74, 6) is 1.09. The molecule has 61 heavy (non-hydrogen) atoms. The van der Waals surface area contributed by atoms with Gasteiger partial charge in [0.15, 0.2) is 29.5 Å².